The van der Waals surface area contributed by atoms with Gasteiger partial charge in [0.25, 0.3) is 5.91 Å². The van der Waals surface area contributed by atoms with E-state index in [9.17, 15) is 15.0 Å². The zero-order valence-electron chi connectivity index (χ0n) is 21.2. The number of carbonyl (C=O) groups excluding carboxylic acids is 1. The number of primary amides is 1. The Kier molecular flexibility index (Phi) is 9.91. The van der Waals surface area contributed by atoms with E-state index >= 15 is 0 Å². The number of nitrogens with two attached hydrogens (primary N) is 2. The van der Waals surface area contributed by atoms with Crippen LogP contribution in [0, 0.1) is 0 Å². The van der Waals surface area contributed by atoms with Gasteiger partial charge in [-0.15, -0.1) is 0 Å². The Morgan fingerprint density at radius 1 is 1.14 bits per heavy atom. The second-order valence-electron chi connectivity index (χ2n) is 8.50. The summed E-state index contributed by atoms with van der Waals surface area (Å²) in [5.74, 6) is 1.25. The van der Waals surface area contributed by atoms with Crippen LogP contribution in [0.5, 0.6) is 17.2 Å². The van der Waals surface area contributed by atoms with Gasteiger partial charge in [-0.1, -0.05) is 6.07 Å². The fourth-order valence-electron chi connectivity index (χ4n) is 4.27. The third-order valence-electron chi connectivity index (χ3n) is 6.25. The monoisotopic (exact) mass is 524 g/mol. The number of hydrogen-bond donors (Lipinski definition) is 6. The fraction of sp³-hybridized carbons (Fsp3) is 0.565. The predicted molar refractivity (Wildman–Crippen MR) is 132 cm³/mol. The average molecular weight is 525 g/mol. The number of aromatic nitrogens is 2. The Balaban J connectivity index is 0.000000206. The molecule has 4 atom stereocenters. The van der Waals surface area contributed by atoms with Crippen LogP contribution in [-0.4, -0.2) is 108 Å². The van der Waals surface area contributed by atoms with Crippen molar-refractivity contribution in [2.45, 2.75) is 31.1 Å². The molecule has 0 radical (unpaired) electrons. The number of carbonyl (C=O) groups is 1. The molecular weight excluding hydrogens is 488 g/mol. The van der Waals surface area contributed by atoms with Crippen LogP contribution in [0.1, 0.15) is 22.3 Å². The van der Waals surface area contributed by atoms with Crippen LogP contribution < -0.4 is 31.0 Å². The predicted octanol–water partition coefficient (Wildman–Crippen LogP) is -1.71. The summed E-state index contributed by atoms with van der Waals surface area (Å²) in [5, 5.41) is 31.7. The Morgan fingerprint density at radius 2 is 1.81 bits per heavy atom. The maximum absolute atomic E-state index is 11.0. The largest absolute Gasteiger partial charge is 0.493 e. The first-order valence-corrected chi connectivity index (χ1v) is 11.7. The number of methoxy groups -OCH3 is 3. The van der Waals surface area contributed by atoms with Crippen molar-refractivity contribution in [1.29, 1.82) is 0 Å². The molecule has 2 fully saturated rings. The van der Waals surface area contributed by atoms with Gasteiger partial charge in [0, 0.05) is 38.3 Å². The number of piperazine rings is 1. The first kappa shape index (κ1) is 28.4. The van der Waals surface area contributed by atoms with E-state index in [1.54, 1.807) is 21.3 Å². The summed E-state index contributed by atoms with van der Waals surface area (Å²) in [4.78, 5) is 17.1. The number of hydrogen-bond acceptors (Lipinski definition) is 12. The van der Waals surface area contributed by atoms with Crippen LogP contribution in [0.25, 0.3) is 0 Å². The minimum Gasteiger partial charge on any atom is -0.493 e. The van der Waals surface area contributed by atoms with E-state index in [0.29, 0.717) is 11.5 Å². The van der Waals surface area contributed by atoms with Crippen molar-refractivity contribution in [3.05, 3.63) is 29.7 Å². The van der Waals surface area contributed by atoms with E-state index < -0.39 is 37.1 Å². The molecule has 3 heterocycles. The van der Waals surface area contributed by atoms with E-state index in [1.165, 1.54) is 10.9 Å². The Morgan fingerprint density at radius 3 is 2.32 bits per heavy atom. The smallest absolute Gasteiger partial charge is 0.271 e. The van der Waals surface area contributed by atoms with Gasteiger partial charge >= 0.3 is 0 Å². The summed E-state index contributed by atoms with van der Waals surface area (Å²) < 4.78 is 22.6. The molecule has 14 heteroatoms. The molecule has 8 N–H and O–H groups in total. The lowest BCUT2D eigenvalue weighted by atomic mass is 10.1. The molecular formula is C23H36N6O8. The summed E-state index contributed by atoms with van der Waals surface area (Å²) >= 11 is 0. The summed E-state index contributed by atoms with van der Waals surface area (Å²) in [7, 11) is 4.93. The van der Waals surface area contributed by atoms with Gasteiger partial charge in [0.15, 0.2) is 23.4 Å². The first-order chi connectivity index (χ1) is 17.8. The van der Waals surface area contributed by atoms with Crippen LogP contribution in [0.4, 0.5) is 5.82 Å². The summed E-state index contributed by atoms with van der Waals surface area (Å²) in [6.07, 6.45) is -3.32. The van der Waals surface area contributed by atoms with Crippen molar-refractivity contribution in [2.75, 3.05) is 59.8 Å². The topological polar surface area (TPSA) is 200 Å². The molecule has 1 aromatic heterocycles. The van der Waals surface area contributed by atoms with Gasteiger partial charge in [-0.25, -0.2) is 4.98 Å². The number of nitrogens with zero attached hydrogens (tertiary/aromatic N) is 3. The number of anilines is 1. The van der Waals surface area contributed by atoms with Crippen molar-refractivity contribution in [3.8, 4) is 17.2 Å². The lowest BCUT2D eigenvalue weighted by Crippen LogP contribution is -2.42. The molecule has 2 saturated heterocycles. The normalized spacial score (nSPS) is 23.7. The standard InChI is InChI=1S/C14H22N2O3.C9H14N4O5/c1-17-12-5-4-11(13(18-2)14(12)19-3)10-16-8-6-15-7-9-16;10-7-4(8(11)17)12-2-13(7)9-6(16)5(15)3(1-14)18-9/h4-5,15H,6-10H2,1-3H3;2-3,5-6,9,14-16H,1,10H2,(H2,11,17)/t;3-,5-,6-,9-/m.1/s1. The molecule has 0 unspecified atom stereocenters. The quantitative estimate of drug-likeness (QED) is 0.229. The van der Waals surface area contributed by atoms with E-state index in [-0.39, 0.29) is 11.5 Å². The number of ether oxygens (including phenoxy) is 4. The molecule has 0 saturated carbocycles. The molecule has 0 spiro atoms. The molecule has 206 valence electrons. The van der Waals surface area contributed by atoms with E-state index in [4.69, 9.17) is 35.5 Å². The number of aliphatic hydroxyl groups is 3. The number of rotatable bonds is 8. The highest BCUT2D eigenvalue weighted by molar-refractivity contribution is 5.95. The van der Waals surface area contributed by atoms with Crippen molar-refractivity contribution in [3.63, 3.8) is 0 Å². The summed E-state index contributed by atoms with van der Waals surface area (Å²) in [6, 6.07) is 3.97. The molecule has 1 aromatic carbocycles. The number of aliphatic hydroxyl groups excluding tert-OH is 3. The van der Waals surface area contributed by atoms with Crippen molar-refractivity contribution in [1.82, 2.24) is 19.8 Å². The third kappa shape index (κ3) is 6.23. The van der Waals surface area contributed by atoms with Crippen molar-refractivity contribution in [2.24, 2.45) is 5.73 Å². The van der Waals surface area contributed by atoms with Crippen LogP contribution in [-0.2, 0) is 11.3 Å². The molecule has 4 rings (SSSR count). The van der Waals surface area contributed by atoms with Gasteiger partial charge in [0.05, 0.1) is 34.3 Å². The molecule has 0 aliphatic carbocycles. The molecule has 2 aliphatic heterocycles. The number of benzene rings is 1. The maximum atomic E-state index is 11.0. The Labute approximate surface area is 214 Å². The maximum Gasteiger partial charge on any atom is 0.271 e. The van der Waals surface area contributed by atoms with E-state index in [1.807, 2.05) is 12.1 Å². The number of nitrogens with one attached hydrogen (secondary N) is 1. The van der Waals surface area contributed by atoms with Gasteiger partial charge < -0.3 is 51.1 Å². The highest BCUT2D eigenvalue weighted by atomic mass is 16.6. The number of nitrogen functional groups attached to an aromatic ring is 1. The fourth-order valence-corrected chi connectivity index (χ4v) is 4.27. The first-order valence-electron chi connectivity index (χ1n) is 11.7. The SMILES string of the molecule is COc1ccc(CN2CCNCC2)c(OC)c1OC.NC(=O)c1ncn([C@@H]2O[C@H](CO)[C@@H](O)[C@H]2O)c1N. The molecule has 2 aromatic rings. The lowest BCUT2D eigenvalue weighted by molar-refractivity contribution is -0.0518. The van der Waals surface area contributed by atoms with Gasteiger partial charge in [-0.05, 0) is 6.07 Å². The van der Waals surface area contributed by atoms with Gasteiger partial charge in [-0.2, -0.15) is 0 Å². The molecule has 2 aliphatic rings. The summed E-state index contributed by atoms with van der Waals surface area (Å²) in [5.41, 5.74) is 11.7. The van der Waals surface area contributed by atoms with Crippen LogP contribution in [0.2, 0.25) is 0 Å². The number of imidazole rings is 1. The third-order valence-corrected chi connectivity index (χ3v) is 6.25. The molecule has 37 heavy (non-hydrogen) atoms. The Bertz CT molecular complexity index is 1040. The zero-order valence-corrected chi connectivity index (χ0v) is 21.2. The van der Waals surface area contributed by atoms with Gasteiger partial charge in [0.2, 0.25) is 5.75 Å². The second kappa shape index (κ2) is 12.9. The highest BCUT2D eigenvalue weighted by Gasteiger charge is 2.44. The van der Waals surface area contributed by atoms with Gasteiger partial charge in [0.1, 0.15) is 24.1 Å². The summed E-state index contributed by atoms with van der Waals surface area (Å²) in [6.45, 7) is 4.59. The van der Waals surface area contributed by atoms with Crippen LogP contribution in [0.15, 0.2) is 18.5 Å². The minimum atomic E-state index is -1.29. The molecule has 1 amide bonds. The van der Waals surface area contributed by atoms with Gasteiger partial charge in [-0.3, -0.25) is 14.3 Å². The van der Waals surface area contributed by atoms with E-state index in [0.717, 1.165) is 44.0 Å². The highest BCUT2D eigenvalue weighted by Crippen LogP contribution is 2.40. The molecule has 0 bridgehead atoms. The minimum absolute atomic E-state index is 0.0719. The second-order valence-corrected chi connectivity index (χ2v) is 8.50. The average Bonchev–Trinajstić information content (AvgIpc) is 3.43. The lowest BCUT2D eigenvalue weighted by Gasteiger charge is -2.28. The van der Waals surface area contributed by atoms with Crippen LogP contribution >= 0.6 is 0 Å². The van der Waals surface area contributed by atoms with E-state index in [2.05, 4.69) is 15.2 Å². The molecule has 14 nitrogen and oxygen atoms in total. The zero-order chi connectivity index (χ0) is 27.1. The van der Waals surface area contributed by atoms with Crippen molar-refractivity contribution < 1.29 is 39.1 Å². The van der Waals surface area contributed by atoms with Crippen molar-refractivity contribution >= 4 is 11.7 Å². The Hall–Kier alpha value is -3.14. The number of amides is 1. The van der Waals surface area contributed by atoms with Crippen LogP contribution in [0.3, 0.4) is 0 Å².